The van der Waals surface area contributed by atoms with Gasteiger partial charge in [0.2, 0.25) is 10.0 Å². The Bertz CT molecular complexity index is 1090. The summed E-state index contributed by atoms with van der Waals surface area (Å²) in [5, 5.41) is 3.78. The average Bonchev–Trinajstić information content (AvgIpc) is 2.97. The van der Waals surface area contributed by atoms with Crippen LogP contribution in [0.15, 0.2) is 45.8 Å². The average molecular weight is 408 g/mol. The van der Waals surface area contributed by atoms with Crippen molar-refractivity contribution in [1.29, 1.82) is 0 Å². The lowest BCUT2D eigenvalue weighted by atomic mass is 10.0. The minimum atomic E-state index is -3.80. The Balaban J connectivity index is 1.86. The van der Waals surface area contributed by atoms with E-state index in [1.54, 1.807) is 13.8 Å². The summed E-state index contributed by atoms with van der Waals surface area (Å²) in [5.41, 5.74) is 1.88. The molecule has 0 bridgehead atoms. The van der Waals surface area contributed by atoms with Crippen molar-refractivity contribution in [2.45, 2.75) is 25.3 Å². The number of hydrogen-bond acceptors (Lipinski definition) is 5. The molecule has 0 aliphatic carbocycles. The van der Waals surface area contributed by atoms with Gasteiger partial charge in [0.15, 0.2) is 11.6 Å². The van der Waals surface area contributed by atoms with Crippen LogP contribution in [0.25, 0.3) is 11.1 Å². The maximum atomic E-state index is 13.9. The first-order chi connectivity index (χ1) is 13.2. The van der Waals surface area contributed by atoms with E-state index >= 15 is 0 Å². The lowest BCUT2D eigenvalue weighted by Gasteiger charge is -2.11. The van der Waals surface area contributed by atoms with Crippen molar-refractivity contribution in [3.63, 3.8) is 0 Å². The molecule has 0 amide bonds. The molecule has 28 heavy (non-hydrogen) atoms. The van der Waals surface area contributed by atoms with E-state index in [1.807, 2.05) is 0 Å². The number of nitrogens with one attached hydrogen (secondary N) is 1. The van der Waals surface area contributed by atoms with Crippen molar-refractivity contribution < 1.29 is 26.5 Å². The second-order valence-electron chi connectivity index (χ2n) is 6.12. The van der Waals surface area contributed by atoms with Crippen LogP contribution in [0, 0.1) is 25.5 Å². The molecule has 1 aromatic heterocycles. The van der Waals surface area contributed by atoms with Crippen molar-refractivity contribution in [2.75, 3.05) is 7.11 Å². The molecular formula is C19H18F2N2O4S. The van der Waals surface area contributed by atoms with Gasteiger partial charge in [-0.05, 0) is 37.6 Å². The SMILES string of the molecule is COc1c(F)cc(F)cc1-c1ccc(S(=O)(=O)NCc2c(C)noc2C)cc1. The van der Waals surface area contributed by atoms with Gasteiger partial charge in [0.25, 0.3) is 0 Å². The van der Waals surface area contributed by atoms with Crippen molar-refractivity contribution in [3.8, 4) is 16.9 Å². The summed E-state index contributed by atoms with van der Waals surface area (Å²) in [5.74, 6) is -1.18. The molecule has 1 heterocycles. The molecule has 0 aliphatic rings. The molecule has 0 atom stereocenters. The predicted molar refractivity (Wildman–Crippen MR) is 98.3 cm³/mol. The normalized spacial score (nSPS) is 11.6. The highest BCUT2D eigenvalue weighted by Crippen LogP contribution is 2.33. The molecule has 0 saturated carbocycles. The molecule has 0 saturated heterocycles. The Morgan fingerprint density at radius 1 is 1.14 bits per heavy atom. The third kappa shape index (κ3) is 3.90. The van der Waals surface area contributed by atoms with Crippen LogP contribution in [0.4, 0.5) is 8.78 Å². The Hall–Kier alpha value is -2.78. The molecule has 9 heteroatoms. The molecule has 0 aliphatic heterocycles. The van der Waals surface area contributed by atoms with Crippen LogP contribution >= 0.6 is 0 Å². The number of sulfonamides is 1. The lowest BCUT2D eigenvalue weighted by Crippen LogP contribution is -2.23. The van der Waals surface area contributed by atoms with Crippen LogP contribution in [0.1, 0.15) is 17.0 Å². The first kappa shape index (κ1) is 20.0. The highest BCUT2D eigenvalue weighted by molar-refractivity contribution is 7.89. The van der Waals surface area contributed by atoms with Crippen LogP contribution < -0.4 is 9.46 Å². The van der Waals surface area contributed by atoms with E-state index in [4.69, 9.17) is 9.26 Å². The highest BCUT2D eigenvalue weighted by Gasteiger charge is 2.18. The number of methoxy groups -OCH3 is 1. The van der Waals surface area contributed by atoms with E-state index in [9.17, 15) is 17.2 Å². The summed E-state index contributed by atoms with van der Waals surface area (Å²) < 4.78 is 65.0. The van der Waals surface area contributed by atoms with Crippen molar-refractivity contribution in [3.05, 3.63) is 65.1 Å². The molecule has 2 aromatic carbocycles. The zero-order valence-corrected chi connectivity index (χ0v) is 16.2. The summed E-state index contributed by atoms with van der Waals surface area (Å²) in [6.45, 7) is 3.46. The van der Waals surface area contributed by atoms with Crippen LogP contribution in [0.5, 0.6) is 5.75 Å². The molecular weight excluding hydrogens is 390 g/mol. The summed E-state index contributed by atoms with van der Waals surface area (Å²) >= 11 is 0. The van der Waals surface area contributed by atoms with Gasteiger partial charge in [-0.15, -0.1) is 0 Å². The molecule has 3 rings (SSSR count). The molecule has 1 N–H and O–H groups in total. The Kier molecular flexibility index (Phi) is 5.48. The predicted octanol–water partition coefficient (Wildman–Crippen LogP) is 3.72. The third-order valence-corrected chi connectivity index (χ3v) is 5.73. The van der Waals surface area contributed by atoms with E-state index in [0.29, 0.717) is 22.6 Å². The first-order valence-corrected chi connectivity index (χ1v) is 9.76. The molecule has 0 radical (unpaired) electrons. The van der Waals surface area contributed by atoms with E-state index in [2.05, 4.69) is 9.88 Å². The largest absolute Gasteiger partial charge is 0.493 e. The highest BCUT2D eigenvalue weighted by atomic mass is 32.2. The van der Waals surface area contributed by atoms with Crippen LogP contribution in [0.2, 0.25) is 0 Å². The van der Waals surface area contributed by atoms with Crippen molar-refractivity contribution >= 4 is 10.0 Å². The molecule has 6 nitrogen and oxygen atoms in total. The fraction of sp³-hybridized carbons (Fsp3) is 0.211. The minimum absolute atomic E-state index is 0.0128. The number of aromatic nitrogens is 1. The van der Waals surface area contributed by atoms with Crippen molar-refractivity contribution in [1.82, 2.24) is 9.88 Å². The monoisotopic (exact) mass is 408 g/mol. The van der Waals surface area contributed by atoms with Gasteiger partial charge in [0.05, 0.1) is 17.7 Å². The van der Waals surface area contributed by atoms with Gasteiger partial charge in [-0.1, -0.05) is 17.3 Å². The van der Waals surface area contributed by atoms with Gasteiger partial charge >= 0.3 is 0 Å². The van der Waals surface area contributed by atoms with Gasteiger partial charge < -0.3 is 9.26 Å². The lowest BCUT2D eigenvalue weighted by molar-refractivity contribution is 0.386. The Labute approximate surface area is 161 Å². The number of rotatable bonds is 6. The maximum Gasteiger partial charge on any atom is 0.240 e. The van der Waals surface area contributed by atoms with E-state index in [-0.39, 0.29) is 22.8 Å². The van der Waals surface area contributed by atoms with Gasteiger partial charge in [-0.3, -0.25) is 0 Å². The zero-order valence-electron chi connectivity index (χ0n) is 15.4. The standard InChI is InChI=1S/C19H18F2N2O4S/c1-11-17(12(2)27-23-11)10-22-28(24,25)15-6-4-13(5-7-15)16-8-14(20)9-18(21)19(16)26-3/h4-9,22H,10H2,1-3H3. The van der Waals surface area contributed by atoms with Crippen LogP contribution in [0.3, 0.4) is 0 Å². The van der Waals surface area contributed by atoms with Crippen molar-refractivity contribution in [2.24, 2.45) is 0 Å². The van der Waals surface area contributed by atoms with E-state index < -0.39 is 21.7 Å². The second-order valence-corrected chi connectivity index (χ2v) is 7.89. The van der Waals surface area contributed by atoms with E-state index in [1.165, 1.54) is 31.4 Å². The fourth-order valence-corrected chi connectivity index (χ4v) is 3.80. The third-order valence-electron chi connectivity index (χ3n) is 4.31. The summed E-state index contributed by atoms with van der Waals surface area (Å²) in [6, 6.07) is 7.48. The van der Waals surface area contributed by atoms with E-state index in [0.717, 1.165) is 12.1 Å². The smallest absolute Gasteiger partial charge is 0.240 e. The van der Waals surface area contributed by atoms with Gasteiger partial charge in [-0.2, -0.15) is 0 Å². The number of ether oxygens (including phenoxy) is 1. The summed E-state index contributed by atoms with van der Waals surface area (Å²) in [7, 11) is -2.52. The molecule has 0 fully saturated rings. The quantitative estimate of drug-likeness (QED) is 0.672. The summed E-state index contributed by atoms with van der Waals surface area (Å²) in [4.78, 5) is 0.0128. The molecule has 0 spiro atoms. The van der Waals surface area contributed by atoms with Gasteiger partial charge in [-0.25, -0.2) is 21.9 Å². The molecule has 3 aromatic rings. The second kappa shape index (κ2) is 7.69. The van der Waals surface area contributed by atoms with Gasteiger partial charge in [0, 0.05) is 23.7 Å². The number of hydrogen-bond donors (Lipinski definition) is 1. The van der Waals surface area contributed by atoms with Gasteiger partial charge in [0.1, 0.15) is 11.6 Å². The minimum Gasteiger partial charge on any atom is -0.493 e. The Morgan fingerprint density at radius 3 is 2.39 bits per heavy atom. The zero-order chi connectivity index (χ0) is 20.5. The van der Waals surface area contributed by atoms with Crippen LogP contribution in [-0.2, 0) is 16.6 Å². The maximum absolute atomic E-state index is 13.9. The molecule has 148 valence electrons. The topological polar surface area (TPSA) is 81.4 Å². The Morgan fingerprint density at radius 2 is 1.82 bits per heavy atom. The summed E-state index contributed by atoms with van der Waals surface area (Å²) in [6.07, 6.45) is 0. The number of halogens is 2. The number of aryl methyl sites for hydroxylation is 2. The van der Waals surface area contributed by atoms with Crippen LogP contribution in [-0.4, -0.2) is 20.7 Å². The molecule has 0 unspecified atom stereocenters. The number of nitrogens with zero attached hydrogens (tertiary/aromatic N) is 1. The number of benzene rings is 2. The first-order valence-electron chi connectivity index (χ1n) is 8.28. The fourth-order valence-electron chi connectivity index (χ4n) is 2.80.